The van der Waals surface area contributed by atoms with Gasteiger partial charge in [0.25, 0.3) is 11.8 Å². The molecule has 0 aliphatic rings. The maximum Gasteiger partial charge on any atom is 0.274 e. The summed E-state index contributed by atoms with van der Waals surface area (Å²) < 4.78 is 0. The maximum atomic E-state index is 12.4. The van der Waals surface area contributed by atoms with Crippen LogP contribution >= 0.6 is 0 Å². The Morgan fingerprint density at radius 2 is 1.56 bits per heavy atom. The van der Waals surface area contributed by atoms with Crippen molar-refractivity contribution in [3.8, 4) is 6.07 Å². The second-order valence-corrected chi connectivity index (χ2v) is 5.84. The zero-order valence-corrected chi connectivity index (χ0v) is 14.6. The van der Waals surface area contributed by atoms with Crippen LogP contribution in [-0.2, 0) is 0 Å². The fraction of sp³-hybridized carbons (Fsp3) is 0.0476. The van der Waals surface area contributed by atoms with Gasteiger partial charge in [0.1, 0.15) is 17.5 Å². The Balaban J connectivity index is 1.77. The molecule has 2 aromatic carbocycles. The number of aryl methyl sites for hydroxylation is 1. The number of rotatable bonds is 4. The van der Waals surface area contributed by atoms with Gasteiger partial charge in [0.15, 0.2) is 0 Å². The van der Waals surface area contributed by atoms with Gasteiger partial charge in [-0.15, -0.1) is 0 Å². The quantitative estimate of drug-likeness (QED) is 0.744. The molecule has 1 aromatic heterocycles. The number of carbonyl (C=O) groups is 2. The smallest absolute Gasteiger partial charge is 0.274 e. The predicted molar refractivity (Wildman–Crippen MR) is 102 cm³/mol. The first-order valence-corrected chi connectivity index (χ1v) is 8.22. The van der Waals surface area contributed by atoms with E-state index in [2.05, 4.69) is 15.6 Å². The average Bonchev–Trinajstić information content (AvgIpc) is 2.68. The van der Waals surface area contributed by atoms with E-state index in [4.69, 9.17) is 5.26 Å². The van der Waals surface area contributed by atoms with E-state index in [9.17, 15) is 9.59 Å². The van der Waals surface area contributed by atoms with Crippen LogP contribution in [0.3, 0.4) is 0 Å². The third-order valence-electron chi connectivity index (χ3n) is 3.79. The van der Waals surface area contributed by atoms with Gasteiger partial charge in [-0.1, -0.05) is 30.3 Å². The predicted octanol–water partition coefficient (Wildman–Crippen LogP) is 3.77. The number of nitrogens with zero attached hydrogens (tertiary/aromatic N) is 2. The van der Waals surface area contributed by atoms with E-state index >= 15 is 0 Å². The number of para-hydroxylation sites is 1. The SMILES string of the molecule is Cc1cccc(NC(=O)c2cccc(C(=O)Nc3ccccc3C#N)n2)c1. The zero-order valence-electron chi connectivity index (χ0n) is 14.6. The van der Waals surface area contributed by atoms with Gasteiger partial charge < -0.3 is 10.6 Å². The van der Waals surface area contributed by atoms with Gasteiger partial charge in [-0.05, 0) is 48.9 Å². The Bertz CT molecular complexity index is 1050. The first-order valence-electron chi connectivity index (χ1n) is 8.22. The van der Waals surface area contributed by atoms with Crippen LogP contribution in [0.5, 0.6) is 0 Å². The van der Waals surface area contributed by atoms with E-state index in [-0.39, 0.29) is 11.4 Å². The molecule has 1 heterocycles. The molecule has 6 heteroatoms. The minimum absolute atomic E-state index is 0.0830. The van der Waals surface area contributed by atoms with Crippen LogP contribution in [0, 0.1) is 18.3 Å². The number of amides is 2. The molecule has 0 fully saturated rings. The zero-order chi connectivity index (χ0) is 19.2. The second kappa shape index (κ2) is 7.93. The van der Waals surface area contributed by atoms with Crippen LogP contribution in [-0.4, -0.2) is 16.8 Å². The third-order valence-corrected chi connectivity index (χ3v) is 3.79. The topological polar surface area (TPSA) is 94.9 Å². The lowest BCUT2D eigenvalue weighted by Gasteiger charge is -2.08. The molecule has 0 radical (unpaired) electrons. The molecule has 2 amide bonds. The van der Waals surface area contributed by atoms with Gasteiger partial charge in [0.05, 0.1) is 11.3 Å². The minimum Gasteiger partial charge on any atom is -0.321 e. The summed E-state index contributed by atoms with van der Waals surface area (Å²) >= 11 is 0. The van der Waals surface area contributed by atoms with Gasteiger partial charge in [-0.3, -0.25) is 9.59 Å². The first kappa shape index (κ1) is 17.8. The molecule has 27 heavy (non-hydrogen) atoms. The van der Waals surface area contributed by atoms with E-state index < -0.39 is 11.8 Å². The van der Waals surface area contributed by atoms with E-state index in [1.54, 1.807) is 36.4 Å². The van der Waals surface area contributed by atoms with Gasteiger partial charge in [-0.25, -0.2) is 4.98 Å². The highest BCUT2D eigenvalue weighted by Crippen LogP contribution is 2.15. The van der Waals surface area contributed by atoms with Crippen molar-refractivity contribution in [1.29, 1.82) is 5.26 Å². The molecule has 0 aliphatic heterocycles. The van der Waals surface area contributed by atoms with Crippen molar-refractivity contribution in [1.82, 2.24) is 4.98 Å². The summed E-state index contributed by atoms with van der Waals surface area (Å²) in [5.74, 6) is -0.907. The van der Waals surface area contributed by atoms with Gasteiger partial charge in [0.2, 0.25) is 0 Å². The summed E-state index contributed by atoms with van der Waals surface area (Å²) in [5, 5.41) is 14.5. The normalized spacial score (nSPS) is 9.93. The molecule has 0 bridgehead atoms. The summed E-state index contributed by atoms with van der Waals surface area (Å²) in [4.78, 5) is 29.0. The number of anilines is 2. The molecule has 2 N–H and O–H groups in total. The van der Waals surface area contributed by atoms with Crippen LogP contribution in [0.15, 0.2) is 66.7 Å². The van der Waals surface area contributed by atoms with E-state index in [0.29, 0.717) is 16.9 Å². The molecule has 0 unspecified atom stereocenters. The summed E-state index contributed by atoms with van der Waals surface area (Å²) in [5.41, 5.74) is 2.61. The number of benzene rings is 2. The highest BCUT2D eigenvalue weighted by molar-refractivity contribution is 6.06. The molecule has 6 nitrogen and oxygen atoms in total. The molecule has 0 spiro atoms. The van der Waals surface area contributed by atoms with Crippen LogP contribution in [0.4, 0.5) is 11.4 Å². The maximum absolute atomic E-state index is 12.4. The second-order valence-electron chi connectivity index (χ2n) is 5.84. The lowest BCUT2D eigenvalue weighted by molar-refractivity contribution is 0.101. The van der Waals surface area contributed by atoms with Crippen LogP contribution in [0.2, 0.25) is 0 Å². The van der Waals surface area contributed by atoms with Crippen molar-refractivity contribution in [3.63, 3.8) is 0 Å². The number of aromatic nitrogens is 1. The molecule has 0 saturated carbocycles. The molecular weight excluding hydrogens is 340 g/mol. The van der Waals surface area contributed by atoms with E-state index in [1.165, 1.54) is 12.1 Å². The van der Waals surface area contributed by atoms with Crippen molar-refractivity contribution in [3.05, 3.63) is 89.2 Å². The minimum atomic E-state index is -0.497. The summed E-state index contributed by atoms with van der Waals surface area (Å²) in [6.07, 6.45) is 0. The van der Waals surface area contributed by atoms with Crippen molar-refractivity contribution >= 4 is 23.2 Å². The highest BCUT2D eigenvalue weighted by Gasteiger charge is 2.14. The Labute approximate surface area is 156 Å². The molecule has 132 valence electrons. The lowest BCUT2D eigenvalue weighted by Crippen LogP contribution is -2.18. The van der Waals surface area contributed by atoms with Crippen molar-refractivity contribution in [2.75, 3.05) is 10.6 Å². The molecule has 0 aliphatic carbocycles. The molecule has 3 aromatic rings. The number of hydrogen-bond donors (Lipinski definition) is 2. The number of carbonyl (C=O) groups excluding carboxylic acids is 2. The number of nitrogens with one attached hydrogen (secondary N) is 2. The van der Waals surface area contributed by atoms with Gasteiger partial charge in [0, 0.05) is 5.69 Å². The standard InChI is InChI=1S/C21H16N4O2/c1-14-6-4-8-16(12-14)23-20(26)18-10-5-11-19(24-18)21(27)25-17-9-3-2-7-15(17)13-22/h2-12H,1H3,(H,23,26)(H,25,27). The van der Waals surface area contributed by atoms with Crippen LogP contribution in [0.1, 0.15) is 32.1 Å². The summed E-state index contributed by atoms with van der Waals surface area (Å²) in [7, 11) is 0. The first-order chi connectivity index (χ1) is 13.1. The average molecular weight is 356 g/mol. The monoisotopic (exact) mass is 356 g/mol. The molecule has 0 saturated heterocycles. The van der Waals surface area contributed by atoms with Crippen molar-refractivity contribution < 1.29 is 9.59 Å². The number of nitriles is 1. The highest BCUT2D eigenvalue weighted by atomic mass is 16.2. The van der Waals surface area contributed by atoms with Crippen LogP contribution < -0.4 is 10.6 Å². The van der Waals surface area contributed by atoms with Crippen molar-refractivity contribution in [2.45, 2.75) is 6.92 Å². The summed E-state index contributed by atoms with van der Waals surface area (Å²) in [6, 6.07) is 20.7. The number of hydrogen-bond acceptors (Lipinski definition) is 4. The fourth-order valence-electron chi connectivity index (χ4n) is 2.48. The summed E-state index contributed by atoms with van der Waals surface area (Å²) in [6.45, 7) is 1.93. The van der Waals surface area contributed by atoms with E-state index in [0.717, 1.165) is 5.56 Å². The lowest BCUT2D eigenvalue weighted by atomic mass is 10.2. The fourth-order valence-corrected chi connectivity index (χ4v) is 2.48. The number of pyridine rings is 1. The van der Waals surface area contributed by atoms with E-state index in [1.807, 2.05) is 31.2 Å². The molecule has 0 atom stereocenters. The Morgan fingerprint density at radius 1 is 0.889 bits per heavy atom. The van der Waals surface area contributed by atoms with Crippen molar-refractivity contribution in [2.24, 2.45) is 0 Å². The molecular formula is C21H16N4O2. The van der Waals surface area contributed by atoms with Gasteiger partial charge >= 0.3 is 0 Å². The Kier molecular flexibility index (Phi) is 5.24. The Hall–Kier alpha value is -3.98. The largest absolute Gasteiger partial charge is 0.321 e. The van der Waals surface area contributed by atoms with Gasteiger partial charge in [-0.2, -0.15) is 5.26 Å². The molecule has 3 rings (SSSR count). The van der Waals surface area contributed by atoms with Crippen LogP contribution in [0.25, 0.3) is 0 Å². The Morgan fingerprint density at radius 3 is 2.26 bits per heavy atom. The third kappa shape index (κ3) is 4.35.